The second-order valence-corrected chi connectivity index (χ2v) is 5.64. The average Bonchev–Trinajstić information content (AvgIpc) is 2.14. The predicted octanol–water partition coefficient (Wildman–Crippen LogP) is 2.98. The highest BCUT2D eigenvalue weighted by atomic mass is 16.2. The molecule has 1 rings (SSSR count). The maximum Gasteiger partial charge on any atom is 0.253 e. The van der Waals surface area contributed by atoms with E-state index in [-0.39, 0.29) is 11.3 Å². The first kappa shape index (κ1) is 12.8. The Kier molecular flexibility index (Phi) is 3.74. The number of benzene rings is 1. The fraction of sp³-hybridized carbons (Fsp3) is 0.500. The predicted molar refractivity (Wildman–Crippen MR) is 67.6 cm³/mol. The van der Waals surface area contributed by atoms with Crippen LogP contribution >= 0.6 is 0 Å². The molecule has 0 saturated carbocycles. The van der Waals surface area contributed by atoms with Crippen LogP contribution in [0.3, 0.4) is 0 Å². The van der Waals surface area contributed by atoms with Crippen LogP contribution in [0.1, 0.15) is 36.7 Å². The van der Waals surface area contributed by atoms with E-state index in [4.69, 9.17) is 0 Å². The number of rotatable bonds is 2. The van der Waals surface area contributed by atoms with E-state index in [0.717, 1.165) is 12.0 Å². The Morgan fingerprint density at radius 2 is 1.88 bits per heavy atom. The van der Waals surface area contributed by atoms with Crippen LogP contribution in [-0.4, -0.2) is 24.9 Å². The smallest absolute Gasteiger partial charge is 0.253 e. The molecule has 0 bridgehead atoms. The van der Waals surface area contributed by atoms with Crippen molar-refractivity contribution in [3.05, 3.63) is 35.4 Å². The zero-order valence-corrected chi connectivity index (χ0v) is 10.9. The van der Waals surface area contributed by atoms with E-state index in [2.05, 4.69) is 26.8 Å². The van der Waals surface area contributed by atoms with Crippen LogP contribution in [0.5, 0.6) is 0 Å². The van der Waals surface area contributed by atoms with Crippen molar-refractivity contribution < 1.29 is 4.79 Å². The van der Waals surface area contributed by atoms with Crippen LogP contribution in [0.4, 0.5) is 0 Å². The molecule has 2 nitrogen and oxygen atoms in total. The molecule has 0 unspecified atom stereocenters. The van der Waals surface area contributed by atoms with E-state index >= 15 is 0 Å². The lowest BCUT2D eigenvalue weighted by Crippen LogP contribution is -2.21. The molecule has 0 atom stereocenters. The van der Waals surface area contributed by atoms with Crippen LogP contribution in [0.25, 0.3) is 0 Å². The quantitative estimate of drug-likeness (QED) is 0.749. The Morgan fingerprint density at radius 1 is 1.25 bits per heavy atom. The summed E-state index contributed by atoms with van der Waals surface area (Å²) >= 11 is 0. The molecular formula is C14H21NO. The summed E-state index contributed by atoms with van der Waals surface area (Å²) < 4.78 is 0. The third-order valence-corrected chi connectivity index (χ3v) is 2.31. The molecule has 1 aromatic rings. The van der Waals surface area contributed by atoms with Gasteiger partial charge >= 0.3 is 0 Å². The molecule has 0 aromatic heterocycles. The van der Waals surface area contributed by atoms with Gasteiger partial charge in [0.25, 0.3) is 5.91 Å². The largest absolute Gasteiger partial charge is 0.345 e. The van der Waals surface area contributed by atoms with Gasteiger partial charge in [-0.2, -0.15) is 0 Å². The van der Waals surface area contributed by atoms with Gasteiger partial charge in [-0.3, -0.25) is 4.79 Å². The highest BCUT2D eigenvalue weighted by molar-refractivity contribution is 5.94. The van der Waals surface area contributed by atoms with E-state index in [1.54, 1.807) is 19.0 Å². The molecule has 2 heteroatoms. The second-order valence-electron chi connectivity index (χ2n) is 5.64. The lowest BCUT2D eigenvalue weighted by molar-refractivity contribution is 0.0827. The van der Waals surface area contributed by atoms with Crippen molar-refractivity contribution in [1.29, 1.82) is 0 Å². The SMILES string of the molecule is CN(C)C(=O)c1cccc(CC(C)(C)C)c1. The number of carbonyl (C=O) groups is 1. The maximum atomic E-state index is 11.8. The van der Waals surface area contributed by atoms with Crippen molar-refractivity contribution in [2.45, 2.75) is 27.2 Å². The van der Waals surface area contributed by atoms with Crippen LogP contribution in [0, 0.1) is 5.41 Å². The fourth-order valence-corrected chi connectivity index (χ4v) is 1.68. The number of amides is 1. The zero-order chi connectivity index (χ0) is 12.3. The molecule has 16 heavy (non-hydrogen) atoms. The molecular weight excluding hydrogens is 198 g/mol. The van der Waals surface area contributed by atoms with E-state index in [0.29, 0.717) is 0 Å². The maximum absolute atomic E-state index is 11.8. The minimum Gasteiger partial charge on any atom is -0.345 e. The zero-order valence-electron chi connectivity index (χ0n) is 10.9. The summed E-state index contributed by atoms with van der Waals surface area (Å²) in [6.45, 7) is 6.61. The van der Waals surface area contributed by atoms with Gasteiger partial charge in [0.1, 0.15) is 0 Å². The Labute approximate surface area is 98.3 Å². The van der Waals surface area contributed by atoms with Crippen molar-refractivity contribution >= 4 is 5.91 Å². The van der Waals surface area contributed by atoms with Gasteiger partial charge in [-0.05, 0) is 29.5 Å². The monoisotopic (exact) mass is 219 g/mol. The van der Waals surface area contributed by atoms with Crippen molar-refractivity contribution in [3.8, 4) is 0 Å². The summed E-state index contributed by atoms with van der Waals surface area (Å²) in [7, 11) is 3.55. The topological polar surface area (TPSA) is 20.3 Å². The number of carbonyl (C=O) groups excluding carboxylic acids is 1. The van der Waals surface area contributed by atoms with Gasteiger partial charge in [0, 0.05) is 19.7 Å². The van der Waals surface area contributed by atoms with Crippen molar-refractivity contribution in [3.63, 3.8) is 0 Å². The van der Waals surface area contributed by atoms with Crippen LogP contribution < -0.4 is 0 Å². The van der Waals surface area contributed by atoms with Crippen LogP contribution in [0.2, 0.25) is 0 Å². The molecule has 0 aliphatic rings. The van der Waals surface area contributed by atoms with Crippen LogP contribution in [0.15, 0.2) is 24.3 Å². The molecule has 0 radical (unpaired) electrons. The molecule has 0 aliphatic carbocycles. The van der Waals surface area contributed by atoms with E-state index in [9.17, 15) is 4.79 Å². The van der Waals surface area contributed by atoms with Gasteiger partial charge in [0.15, 0.2) is 0 Å². The fourth-order valence-electron chi connectivity index (χ4n) is 1.68. The van der Waals surface area contributed by atoms with Crippen molar-refractivity contribution in [2.75, 3.05) is 14.1 Å². The van der Waals surface area contributed by atoms with E-state index < -0.39 is 0 Å². The summed E-state index contributed by atoms with van der Waals surface area (Å²) in [5.74, 6) is 0.0655. The standard InChI is InChI=1S/C14H21NO/c1-14(2,3)10-11-7-6-8-12(9-11)13(16)15(4)5/h6-9H,10H2,1-5H3. The number of hydrogen-bond acceptors (Lipinski definition) is 1. The molecule has 1 aromatic carbocycles. The minimum atomic E-state index is 0.0655. The van der Waals surface area contributed by atoms with Gasteiger partial charge in [0.05, 0.1) is 0 Å². The molecule has 88 valence electrons. The first-order valence-corrected chi connectivity index (χ1v) is 5.60. The lowest BCUT2D eigenvalue weighted by Gasteiger charge is -2.19. The highest BCUT2D eigenvalue weighted by Gasteiger charge is 2.13. The molecule has 1 amide bonds. The molecule has 0 spiro atoms. The van der Waals surface area contributed by atoms with Crippen LogP contribution in [-0.2, 0) is 6.42 Å². The van der Waals surface area contributed by atoms with E-state index in [1.807, 2.05) is 18.2 Å². The second kappa shape index (κ2) is 4.69. The van der Waals surface area contributed by atoms with E-state index in [1.165, 1.54) is 5.56 Å². The molecule has 0 saturated heterocycles. The first-order valence-electron chi connectivity index (χ1n) is 5.60. The Balaban J connectivity index is 2.91. The molecule has 0 fully saturated rings. The molecule has 0 aliphatic heterocycles. The summed E-state index contributed by atoms with van der Waals surface area (Å²) in [6.07, 6.45) is 0.988. The molecule has 0 heterocycles. The third kappa shape index (κ3) is 3.69. The summed E-state index contributed by atoms with van der Waals surface area (Å²) in [5, 5.41) is 0. The summed E-state index contributed by atoms with van der Waals surface area (Å²) in [5.41, 5.74) is 2.24. The van der Waals surface area contributed by atoms with Gasteiger partial charge in [-0.1, -0.05) is 32.9 Å². The minimum absolute atomic E-state index is 0.0655. The Morgan fingerprint density at radius 3 is 2.38 bits per heavy atom. The summed E-state index contributed by atoms with van der Waals surface area (Å²) in [4.78, 5) is 13.4. The Hall–Kier alpha value is -1.31. The van der Waals surface area contributed by atoms with Gasteiger partial charge in [-0.25, -0.2) is 0 Å². The Bertz CT molecular complexity index is 375. The van der Waals surface area contributed by atoms with Gasteiger partial charge < -0.3 is 4.90 Å². The summed E-state index contributed by atoms with van der Waals surface area (Å²) in [6, 6.07) is 7.90. The first-order chi connectivity index (χ1) is 7.29. The third-order valence-electron chi connectivity index (χ3n) is 2.31. The lowest BCUT2D eigenvalue weighted by atomic mass is 9.87. The van der Waals surface area contributed by atoms with Gasteiger partial charge in [0.2, 0.25) is 0 Å². The number of nitrogens with zero attached hydrogens (tertiary/aromatic N) is 1. The average molecular weight is 219 g/mol. The highest BCUT2D eigenvalue weighted by Crippen LogP contribution is 2.21. The van der Waals surface area contributed by atoms with Gasteiger partial charge in [-0.15, -0.1) is 0 Å². The molecule has 0 N–H and O–H groups in total. The number of hydrogen-bond donors (Lipinski definition) is 0. The van der Waals surface area contributed by atoms with Crippen molar-refractivity contribution in [2.24, 2.45) is 5.41 Å². The van der Waals surface area contributed by atoms with Crippen molar-refractivity contribution in [1.82, 2.24) is 4.90 Å². The normalized spacial score (nSPS) is 11.3.